The van der Waals surface area contributed by atoms with Gasteiger partial charge in [0.05, 0.1) is 33.3 Å². The summed E-state index contributed by atoms with van der Waals surface area (Å²) in [5.41, 5.74) is 22.2. The number of nitrogens with zero attached hydrogens (tertiary/aromatic N) is 3. The van der Waals surface area contributed by atoms with E-state index >= 15 is 0 Å². The Morgan fingerprint density at radius 3 is 0.900 bits per heavy atom. The molecule has 0 saturated heterocycles. The Hall–Kier alpha value is -6.69. The molecule has 3 spiro atoms. The molecule has 15 rings (SSSR count). The molecule has 0 radical (unpaired) electrons. The van der Waals surface area contributed by atoms with Crippen LogP contribution in [0.2, 0.25) is 0 Å². The van der Waals surface area contributed by atoms with Crippen molar-refractivity contribution in [2.24, 2.45) is 32.5 Å². The van der Waals surface area contributed by atoms with E-state index in [1.54, 1.807) is 36.4 Å². The fourth-order valence-corrected chi connectivity index (χ4v) is 19.0. The summed E-state index contributed by atoms with van der Waals surface area (Å²) in [4.78, 5) is 40.9. The number of benzene rings is 3. The standard InChI is InChI=1S/3C26H31FN2O/c3*1-24(2,3)13-20-23-19(28-29-20)11-16-12-25(4,5)14-21(30)22(16)26(23)9-8-15-10-17(27)6-7-18(15)26/h3*6-7,10H,8-9,11-14H2,1-5H3,(H,28,29)/t2*26-;/m10./s1. The number of aromatic nitrogens is 6. The van der Waals surface area contributed by atoms with Crippen LogP contribution in [0.5, 0.6) is 0 Å². The van der Waals surface area contributed by atoms with Crippen LogP contribution in [-0.2, 0) is 88.4 Å². The molecule has 0 amide bonds. The maximum absolute atomic E-state index is 14.1. The van der Waals surface area contributed by atoms with Crippen molar-refractivity contribution >= 4 is 17.3 Å². The van der Waals surface area contributed by atoms with Gasteiger partial charge in [0.25, 0.3) is 0 Å². The van der Waals surface area contributed by atoms with Crippen LogP contribution in [0.3, 0.4) is 0 Å². The Morgan fingerprint density at radius 2 is 0.656 bits per heavy atom. The molecule has 9 nitrogen and oxygen atoms in total. The minimum Gasteiger partial charge on any atom is -0.294 e. The number of carbonyl (C=O) groups excluding carboxylic acids is 3. The van der Waals surface area contributed by atoms with Crippen LogP contribution in [0, 0.1) is 49.9 Å². The molecule has 12 heteroatoms. The number of Topliss-reactive ketones (excluding diaryl/α,β-unsaturated/α-hetero) is 3. The number of H-pyrrole nitrogens is 3. The van der Waals surface area contributed by atoms with Crippen molar-refractivity contribution in [3.05, 3.63) is 190 Å². The number of aromatic amines is 3. The summed E-state index contributed by atoms with van der Waals surface area (Å²) >= 11 is 0. The predicted octanol–water partition coefficient (Wildman–Crippen LogP) is 16.8. The summed E-state index contributed by atoms with van der Waals surface area (Å²) in [5.74, 6) is 0.212. The van der Waals surface area contributed by atoms with E-state index < -0.39 is 16.2 Å². The maximum atomic E-state index is 14.1. The quantitative estimate of drug-likeness (QED) is 0.161. The van der Waals surface area contributed by atoms with E-state index in [4.69, 9.17) is 15.3 Å². The molecular weight excluding hydrogens is 1130 g/mol. The summed E-state index contributed by atoms with van der Waals surface area (Å²) in [7, 11) is 0. The molecule has 6 aromatic rings. The molecule has 9 aliphatic carbocycles. The summed E-state index contributed by atoms with van der Waals surface area (Å²) in [6.45, 7) is 33.1. The second-order valence-electron chi connectivity index (χ2n) is 34.7. The van der Waals surface area contributed by atoms with Crippen LogP contribution in [0.25, 0.3) is 0 Å². The van der Waals surface area contributed by atoms with Crippen LogP contribution in [-0.4, -0.2) is 47.9 Å². The van der Waals surface area contributed by atoms with Crippen molar-refractivity contribution < 1.29 is 27.6 Å². The van der Waals surface area contributed by atoms with Gasteiger partial charge in [-0.3, -0.25) is 29.7 Å². The van der Waals surface area contributed by atoms with Gasteiger partial charge in [0, 0.05) is 89.0 Å². The lowest BCUT2D eigenvalue weighted by atomic mass is 9.57. The zero-order chi connectivity index (χ0) is 64.4. The smallest absolute Gasteiger partial charge is 0.160 e. The molecule has 90 heavy (non-hydrogen) atoms. The number of rotatable bonds is 3. The van der Waals surface area contributed by atoms with Crippen LogP contribution in [0.15, 0.2) is 88.0 Å². The SMILES string of the molecule is CC(C)(C)Cc1n[nH]c2c1C1(CCc3cc(F)ccc31)C1=C(C2)CC(C)(C)CC1=O.CC(C)(C)Cc1n[nH]c2c1[C@@]1(CCc3cc(F)ccc31)C1=C(C2)CC(C)(C)CC1=O.CC(C)(C)Cc1n[nH]c2c1[C@]1(CCc3cc(F)ccc31)C1=C(C2)CC(C)(C)CC1=O. The average molecular weight is 1220 g/mol. The van der Waals surface area contributed by atoms with Gasteiger partial charge in [-0.25, -0.2) is 13.2 Å². The highest BCUT2D eigenvalue weighted by molar-refractivity contribution is 6.04. The number of fused-ring (bicyclic) bond motifs is 15. The Labute approximate surface area is 530 Å². The molecular formula is C78H93F3N6O3. The molecule has 3 heterocycles. The number of aryl methyl sites for hydroxylation is 3. The van der Waals surface area contributed by atoms with E-state index in [1.165, 1.54) is 33.4 Å². The second kappa shape index (κ2) is 20.9. The van der Waals surface area contributed by atoms with Crippen molar-refractivity contribution in [1.29, 1.82) is 0 Å². The molecule has 0 fully saturated rings. The molecule has 0 bridgehead atoms. The van der Waals surface area contributed by atoms with Gasteiger partial charge in [-0.1, -0.05) is 139 Å². The number of allylic oxidation sites excluding steroid dienone is 6. The Kier molecular flexibility index (Phi) is 14.4. The third-order valence-corrected chi connectivity index (χ3v) is 21.4. The molecule has 0 saturated carbocycles. The summed E-state index contributed by atoms with van der Waals surface area (Å²) in [6.07, 6.45) is 14.2. The largest absolute Gasteiger partial charge is 0.294 e. The number of hydrogen-bond donors (Lipinski definition) is 3. The maximum Gasteiger partial charge on any atom is 0.160 e. The molecule has 3 aromatic heterocycles. The number of nitrogens with one attached hydrogen (secondary N) is 3. The molecule has 3 aromatic carbocycles. The number of ketones is 3. The first-order valence-electron chi connectivity index (χ1n) is 33.3. The fraction of sp³-hybridized carbons (Fsp3) is 0.538. The zero-order valence-electron chi connectivity index (χ0n) is 56.1. The molecule has 3 N–H and O–H groups in total. The molecule has 9 aliphatic rings. The minimum absolute atomic E-state index is 0.0207. The van der Waals surface area contributed by atoms with E-state index in [9.17, 15) is 27.6 Å². The van der Waals surface area contributed by atoms with Gasteiger partial charge in [0.15, 0.2) is 17.3 Å². The van der Waals surface area contributed by atoms with Gasteiger partial charge >= 0.3 is 0 Å². The lowest BCUT2D eigenvalue weighted by Crippen LogP contribution is -2.42. The van der Waals surface area contributed by atoms with Crippen molar-refractivity contribution in [1.82, 2.24) is 30.6 Å². The Morgan fingerprint density at radius 1 is 0.400 bits per heavy atom. The number of halogens is 3. The summed E-state index contributed by atoms with van der Waals surface area (Å²) in [5, 5.41) is 24.4. The Bertz CT molecular complexity index is 3710. The zero-order valence-corrected chi connectivity index (χ0v) is 56.1. The second-order valence-corrected chi connectivity index (χ2v) is 34.7. The van der Waals surface area contributed by atoms with E-state index in [-0.39, 0.29) is 67.3 Å². The third kappa shape index (κ3) is 10.4. The third-order valence-electron chi connectivity index (χ3n) is 21.4. The van der Waals surface area contributed by atoms with E-state index in [0.29, 0.717) is 19.3 Å². The van der Waals surface area contributed by atoms with Gasteiger partial charge in [-0.15, -0.1) is 0 Å². The van der Waals surface area contributed by atoms with E-state index in [2.05, 4.69) is 119 Å². The highest BCUT2D eigenvalue weighted by atomic mass is 19.1. The number of hydrogen-bond acceptors (Lipinski definition) is 6. The van der Waals surface area contributed by atoms with Crippen molar-refractivity contribution in [2.75, 3.05) is 0 Å². The van der Waals surface area contributed by atoms with Crippen molar-refractivity contribution in [3.8, 4) is 0 Å². The van der Waals surface area contributed by atoms with Crippen molar-refractivity contribution in [3.63, 3.8) is 0 Å². The van der Waals surface area contributed by atoms with Crippen LogP contribution in [0.4, 0.5) is 13.2 Å². The van der Waals surface area contributed by atoms with Gasteiger partial charge in [-0.2, -0.15) is 15.3 Å². The van der Waals surface area contributed by atoms with Crippen LogP contribution < -0.4 is 0 Å². The fourth-order valence-electron chi connectivity index (χ4n) is 19.0. The molecule has 3 atom stereocenters. The van der Waals surface area contributed by atoms with Crippen LogP contribution in [0.1, 0.15) is 246 Å². The minimum atomic E-state index is -0.479. The van der Waals surface area contributed by atoms with Gasteiger partial charge < -0.3 is 0 Å². The van der Waals surface area contributed by atoms with E-state index in [1.807, 2.05) is 18.2 Å². The molecule has 1 unspecified atom stereocenters. The van der Waals surface area contributed by atoms with Crippen LogP contribution >= 0.6 is 0 Å². The average Bonchev–Trinajstić information content (AvgIpc) is 1.51. The number of carbonyl (C=O) groups is 3. The topological polar surface area (TPSA) is 137 Å². The van der Waals surface area contributed by atoms with Crippen molar-refractivity contribution in [2.45, 2.75) is 236 Å². The first-order chi connectivity index (χ1) is 42.0. The molecule has 0 aliphatic heterocycles. The highest BCUT2D eigenvalue weighted by Crippen LogP contribution is 2.62. The summed E-state index contributed by atoms with van der Waals surface area (Å²) < 4.78 is 42.2. The van der Waals surface area contributed by atoms with Gasteiger partial charge in [-0.05, 0) is 179 Å². The first kappa shape index (κ1) is 62.1. The Balaban J connectivity index is 0.000000124. The normalized spacial score (nSPS) is 24.8. The molecule has 474 valence electrons. The monoisotopic (exact) mass is 1220 g/mol. The van der Waals surface area contributed by atoms with Gasteiger partial charge in [0.1, 0.15) is 17.5 Å². The summed E-state index contributed by atoms with van der Waals surface area (Å²) in [6, 6.07) is 15.5. The lowest BCUT2D eigenvalue weighted by Gasteiger charge is -2.44. The predicted molar refractivity (Wildman–Crippen MR) is 348 cm³/mol. The van der Waals surface area contributed by atoms with Gasteiger partial charge in [0.2, 0.25) is 0 Å². The highest BCUT2D eigenvalue weighted by Gasteiger charge is 2.58. The first-order valence-corrected chi connectivity index (χ1v) is 33.3. The lowest BCUT2D eigenvalue weighted by molar-refractivity contribution is -0.119. The van der Waals surface area contributed by atoms with E-state index in [0.717, 1.165) is 181 Å².